The molecule has 2 rings (SSSR count). The Morgan fingerprint density at radius 2 is 1.78 bits per heavy atom. The van der Waals surface area contributed by atoms with Crippen molar-refractivity contribution >= 4 is 5.78 Å². The van der Waals surface area contributed by atoms with E-state index in [1.807, 2.05) is 24.3 Å². The predicted molar refractivity (Wildman–Crippen MR) is 70.1 cm³/mol. The molecule has 1 aliphatic carbocycles. The van der Waals surface area contributed by atoms with Gasteiger partial charge in [-0.05, 0) is 37.1 Å². The highest BCUT2D eigenvalue weighted by atomic mass is 16.5. The van der Waals surface area contributed by atoms with Crippen LogP contribution in [0.25, 0.3) is 0 Å². The highest BCUT2D eigenvalue weighted by Crippen LogP contribution is 2.26. The third kappa shape index (κ3) is 3.49. The van der Waals surface area contributed by atoms with E-state index in [2.05, 4.69) is 0 Å². The average molecular weight is 248 g/mol. The highest BCUT2D eigenvalue weighted by Gasteiger charge is 2.21. The quantitative estimate of drug-likeness (QED) is 0.775. The molecule has 0 atom stereocenters. The first-order valence-corrected chi connectivity index (χ1v) is 6.59. The Morgan fingerprint density at radius 3 is 2.39 bits per heavy atom. The van der Waals surface area contributed by atoms with E-state index >= 15 is 0 Å². The third-order valence-corrected chi connectivity index (χ3v) is 3.49. The lowest BCUT2D eigenvalue weighted by Gasteiger charge is -2.09. The Hall–Kier alpha value is -1.51. The molecular weight excluding hydrogens is 228 g/mol. The number of hydrogen-bond donors (Lipinski definition) is 0. The van der Waals surface area contributed by atoms with Crippen molar-refractivity contribution in [2.75, 3.05) is 13.7 Å². The molecule has 1 saturated carbocycles. The van der Waals surface area contributed by atoms with E-state index in [9.17, 15) is 4.79 Å². The van der Waals surface area contributed by atoms with E-state index in [1.54, 1.807) is 7.11 Å². The number of carbonyl (C=O) groups excluding carboxylic acids is 1. The van der Waals surface area contributed by atoms with Crippen LogP contribution in [0, 0.1) is 5.92 Å². The van der Waals surface area contributed by atoms with Crippen molar-refractivity contribution in [1.82, 2.24) is 0 Å². The van der Waals surface area contributed by atoms with Crippen LogP contribution in [-0.4, -0.2) is 19.5 Å². The van der Waals surface area contributed by atoms with Crippen LogP contribution in [0.5, 0.6) is 11.5 Å². The summed E-state index contributed by atoms with van der Waals surface area (Å²) in [5, 5.41) is 0. The maximum atomic E-state index is 11.8. The normalized spacial score (nSPS) is 15.6. The molecule has 3 nitrogen and oxygen atoms in total. The van der Waals surface area contributed by atoms with Crippen molar-refractivity contribution in [1.29, 1.82) is 0 Å². The van der Waals surface area contributed by atoms with Crippen molar-refractivity contribution < 1.29 is 14.3 Å². The molecule has 0 aromatic heterocycles. The molecule has 0 heterocycles. The van der Waals surface area contributed by atoms with Gasteiger partial charge in [0.25, 0.3) is 0 Å². The smallest absolute Gasteiger partial charge is 0.139 e. The van der Waals surface area contributed by atoms with E-state index in [0.29, 0.717) is 24.7 Å². The summed E-state index contributed by atoms with van der Waals surface area (Å²) in [5.41, 5.74) is 0. The largest absolute Gasteiger partial charge is 0.497 e. The molecule has 1 aliphatic rings. The summed E-state index contributed by atoms with van der Waals surface area (Å²) in [7, 11) is 1.64. The molecule has 0 N–H and O–H groups in total. The van der Waals surface area contributed by atoms with Crippen molar-refractivity contribution in [3.05, 3.63) is 24.3 Å². The lowest BCUT2D eigenvalue weighted by molar-refractivity contribution is -0.123. The van der Waals surface area contributed by atoms with Gasteiger partial charge in [-0.25, -0.2) is 0 Å². The second kappa shape index (κ2) is 6.43. The van der Waals surface area contributed by atoms with Crippen molar-refractivity contribution in [3.8, 4) is 11.5 Å². The molecule has 0 bridgehead atoms. The maximum Gasteiger partial charge on any atom is 0.139 e. The fourth-order valence-corrected chi connectivity index (χ4v) is 2.39. The predicted octanol–water partition coefficient (Wildman–Crippen LogP) is 3.22. The molecule has 0 unspecified atom stereocenters. The van der Waals surface area contributed by atoms with Crippen LogP contribution in [0.2, 0.25) is 0 Å². The SMILES string of the molecule is COc1ccc(OCCC(=O)C2CCCC2)cc1. The number of rotatable bonds is 6. The average Bonchev–Trinajstić information content (AvgIpc) is 2.93. The molecule has 1 aromatic carbocycles. The van der Waals surface area contributed by atoms with Crippen LogP contribution in [-0.2, 0) is 4.79 Å². The summed E-state index contributed by atoms with van der Waals surface area (Å²) in [5.74, 6) is 2.25. The first-order valence-electron chi connectivity index (χ1n) is 6.59. The van der Waals surface area contributed by atoms with Gasteiger partial charge in [-0.2, -0.15) is 0 Å². The number of carbonyl (C=O) groups is 1. The Bertz CT molecular complexity index is 377. The minimum Gasteiger partial charge on any atom is -0.497 e. The van der Waals surface area contributed by atoms with E-state index in [0.717, 1.165) is 24.3 Å². The lowest BCUT2D eigenvalue weighted by atomic mass is 10.0. The van der Waals surface area contributed by atoms with Gasteiger partial charge < -0.3 is 9.47 Å². The molecule has 0 spiro atoms. The Balaban J connectivity index is 1.72. The minimum absolute atomic E-state index is 0.296. The zero-order valence-corrected chi connectivity index (χ0v) is 10.9. The van der Waals surface area contributed by atoms with E-state index in [1.165, 1.54) is 12.8 Å². The summed E-state index contributed by atoms with van der Waals surface area (Å²) in [6.45, 7) is 0.474. The molecule has 1 aromatic rings. The van der Waals surface area contributed by atoms with Gasteiger partial charge in [-0.15, -0.1) is 0 Å². The Morgan fingerprint density at radius 1 is 1.17 bits per heavy atom. The van der Waals surface area contributed by atoms with Crippen LogP contribution < -0.4 is 9.47 Å². The summed E-state index contributed by atoms with van der Waals surface area (Å²) >= 11 is 0. The molecule has 0 aliphatic heterocycles. The van der Waals surface area contributed by atoms with Gasteiger partial charge in [-0.1, -0.05) is 12.8 Å². The second-order valence-corrected chi connectivity index (χ2v) is 4.72. The Kier molecular flexibility index (Phi) is 4.62. The molecule has 98 valence electrons. The van der Waals surface area contributed by atoms with Crippen molar-refractivity contribution in [3.63, 3.8) is 0 Å². The number of Topliss-reactive ketones (excluding diaryl/α,β-unsaturated/α-hetero) is 1. The first-order chi connectivity index (χ1) is 8.79. The van der Waals surface area contributed by atoms with Crippen LogP contribution >= 0.6 is 0 Å². The third-order valence-electron chi connectivity index (χ3n) is 3.49. The fourth-order valence-electron chi connectivity index (χ4n) is 2.39. The molecule has 3 heteroatoms. The molecule has 1 fully saturated rings. The van der Waals surface area contributed by atoms with Crippen LogP contribution in [0.15, 0.2) is 24.3 Å². The van der Waals surface area contributed by atoms with Gasteiger partial charge in [0.05, 0.1) is 13.7 Å². The molecule has 18 heavy (non-hydrogen) atoms. The summed E-state index contributed by atoms with van der Waals surface area (Å²) in [4.78, 5) is 11.8. The maximum absolute atomic E-state index is 11.8. The second-order valence-electron chi connectivity index (χ2n) is 4.72. The molecule has 0 saturated heterocycles. The van der Waals surface area contributed by atoms with Gasteiger partial charge in [0.2, 0.25) is 0 Å². The number of hydrogen-bond acceptors (Lipinski definition) is 3. The number of ether oxygens (including phenoxy) is 2. The highest BCUT2D eigenvalue weighted by molar-refractivity contribution is 5.81. The minimum atomic E-state index is 0.296. The van der Waals surface area contributed by atoms with E-state index in [4.69, 9.17) is 9.47 Å². The fraction of sp³-hybridized carbons (Fsp3) is 0.533. The van der Waals surface area contributed by atoms with Gasteiger partial charge in [0.15, 0.2) is 0 Å². The van der Waals surface area contributed by atoms with E-state index in [-0.39, 0.29) is 0 Å². The molecular formula is C15H20O3. The molecule has 0 amide bonds. The van der Waals surface area contributed by atoms with E-state index < -0.39 is 0 Å². The summed E-state index contributed by atoms with van der Waals surface area (Å²) in [6.07, 6.45) is 5.07. The summed E-state index contributed by atoms with van der Waals surface area (Å²) in [6, 6.07) is 7.43. The zero-order chi connectivity index (χ0) is 12.8. The lowest BCUT2D eigenvalue weighted by Crippen LogP contribution is -2.14. The van der Waals surface area contributed by atoms with Crippen molar-refractivity contribution in [2.24, 2.45) is 5.92 Å². The van der Waals surface area contributed by atoms with Gasteiger partial charge in [0.1, 0.15) is 17.3 Å². The van der Waals surface area contributed by atoms with Gasteiger partial charge in [-0.3, -0.25) is 4.79 Å². The topological polar surface area (TPSA) is 35.5 Å². The first kappa shape index (κ1) is 12.9. The zero-order valence-electron chi connectivity index (χ0n) is 10.9. The Labute approximate surface area is 108 Å². The number of benzene rings is 1. The van der Waals surface area contributed by atoms with Crippen LogP contribution in [0.1, 0.15) is 32.1 Å². The standard InChI is InChI=1S/C15H20O3/c1-17-13-6-8-14(9-7-13)18-11-10-15(16)12-4-2-3-5-12/h6-9,12H,2-5,10-11H2,1H3. The monoisotopic (exact) mass is 248 g/mol. The number of methoxy groups -OCH3 is 1. The van der Waals surface area contributed by atoms with Crippen LogP contribution in [0.4, 0.5) is 0 Å². The summed E-state index contributed by atoms with van der Waals surface area (Å²) < 4.78 is 10.6. The van der Waals surface area contributed by atoms with Crippen molar-refractivity contribution in [2.45, 2.75) is 32.1 Å². The number of ketones is 1. The van der Waals surface area contributed by atoms with Gasteiger partial charge >= 0.3 is 0 Å². The van der Waals surface area contributed by atoms with Gasteiger partial charge in [0, 0.05) is 12.3 Å². The van der Waals surface area contributed by atoms with Crippen LogP contribution in [0.3, 0.4) is 0 Å². The molecule has 0 radical (unpaired) electrons.